The molecule has 1 saturated heterocycles. The van der Waals surface area contributed by atoms with E-state index in [-0.39, 0.29) is 17.0 Å². The van der Waals surface area contributed by atoms with Gasteiger partial charge in [-0.3, -0.25) is 9.48 Å². The maximum atomic E-state index is 14.0. The number of benzene rings is 2. The summed E-state index contributed by atoms with van der Waals surface area (Å²) in [5.41, 5.74) is 1.85. The van der Waals surface area contributed by atoms with Gasteiger partial charge in [0.05, 0.1) is 6.04 Å². The molecule has 2 aromatic carbocycles. The van der Waals surface area contributed by atoms with Gasteiger partial charge in [-0.05, 0) is 67.1 Å². The van der Waals surface area contributed by atoms with Gasteiger partial charge in [0, 0.05) is 37.7 Å². The standard InChI is InChI=1S/C27H26F2N4O2/c1-32-15-27(16-32)13-17(14-27)3-9-21-12-23(31-33(21)2)26(35)30-25(18-4-6-19(28)7-5-18)22-11-20(29)8-10-24(22)34/h4-8,10-12,17,25,34H,13-16H2,1-2H3,(H,30,35). The number of hydrogen-bond acceptors (Lipinski definition) is 4. The van der Waals surface area contributed by atoms with Crippen LogP contribution in [0.3, 0.4) is 0 Å². The van der Waals surface area contributed by atoms with Crippen molar-refractivity contribution in [3.8, 4) is 17.6 Å². The zero-order chi connectivity index (χ0) is 24.7. The average Bonchev–Trinajstić information content (AvgIpc) is 3.16. The Labute approximate surface area is 202 Å². The van der Waals surface area contributed by atoms with Crippen LogP contribution in [0.25, 0.3) is 0 Å². The number of nitrogens with zero attached hydrogens (tertiary/aromatic N) is 3. The molecule has 180 valence electrons. The van der Waals surface area contributed by atoms with Crippen molar-refractivity contribution in [1.29, 1.82) is 0 Å². The number of aryl methyl sites for hydroxylation is 1. The van der Waals surface area contributed by atoms with Crippen LogP contribution in [0.1, 0.15) is 46.2 Å². The number of aromatic nitrogens is 2. The van der Waals surface area contributed by atoms with Gasteiger partial charge in [0.2, 0.25) is 0 Å². The predicted octanol–water partition coefficient (Wildman–Crippen LogP) is 3.62. The molecule has 0 radical (unpaired) electrons. The molecule has 1 saturated carbocycles. The van der Waals surface area contributed by atoms with Crippen LogP contribution in [0.5, 0.6) is 5.75 Å². The van der Waals surface area contributed by atoms with Crippen molar-refractivity contribution in [2.75, 3.05) is 20.1 Å². The number of aromatic hydroxyl groups is 1. The highest BCUT2D eigenvalue weighted by atomic mass is 19.1. The molecule has 2 N–H and O–H groups in total. The highest BCUT2D eigenvalue weighted by molar-refractivity contribution is 5.93. The summed E-state index contributed by atoms with van der Waals surface area (Å²) in [6.07, 6.45) is 2.21. The molecule has 1 aliphatic heterocycles. The van der Waals surface area contributed by atoms with Crippen molar-refractivity contribution in [2.45, 2.75) is 18.9 Å². The summed E-state index contributed by atoms with van der Waals surface area (Å²) in [5.74, 6) is 5.09. The largest absolute Gasteiger partial charge is 0.508 e. The molecule has 6 nitrogen and oxygen atoms in total. The van der Waals surface area contributed by atoms with Gasteiger partial charge >= 0.3 is 0 Å². The third-order valence-corrected chi connectivity index (χ3v) is 6.87. The van der Waals surface area contributed by atoms with Crippen LogP contribution < -0.4 is 5.32 Å². The van der Waals surface area contributed by atoms with E-state index in [0.717, 1.165) is 38.1 Å². The number of phenolic OH excluding ortho intramolecular Hbond substituents is 1. The van der Waals surface area contributed by atoms with Crippen LogP contribution >= 0.6 is 0 Å². The SMILES string of the molecule is CN1CC2(CC(C#Cc3cc(C(=O)NC(c4ccc(F)cc4)c4cc(F)ccc4O)nn3C)C2)C1. The molecule has 2 heterocycles. The maximum Gasteiger partial charge on any atom is 0.272 e. The predicted molar refractivity (Wildman–Crippen MR) is 127 cm³/mol. The number of amides is 1. The van der Waals surface area contributed by atoms with Crippen molar-refractivity contribution in [3.05, 3.63) is 82.7 Å². The van der Waals surface area contributed by atoms with Gasteiger partial charge in [-0.1, -0.05) is 18.1 Å². The summed E-state index contributed by atoms with van der Waals surface area (Å²) in [7, 11) is 3.85. The molecule has 35 heavy (non-hydrogen) atoms. The third kappa shape index (κ3) is 4.64. The molecule has 1 atom stereocenters. The number of likely N-dealkylation sites (tertiary alicyclic amines) is 1. The molecule has 1 spiro atoms. The molecule has 2 fully saturated rings. The summed E-state index contributed by atoms with van der Waals surface area (Å²) in [4.78, 5) is 15.4. The van der Waals surface area contributed by atoms with E-state index in [1.54, 1.807) is 17.8 Å². The fraction of sp³-hybridized carbons (Fsp3) is 0.333. The first-order chi connectivity index (χ1) is 16.7. The first-order valence-corrected chi connectivity index (χ1v) is 11.5. The van der Waals surface area contributed by atoms with Crippen LogP contribution in [0.15, 0.2) is 48.5 Å². The Morgan fingerprint density at radius 3 is 2.49 bits per heavy atom. The number of halogens is 2. The van der Waals surface area contributed by atoms with Crippen molar-refractivity contribution in [1.82, 2.24) is 20.0 Å². The number of nitrogens with one attached hydrogen (secondary N) is 1. The monoisotopic (exact) mass is 476 g/mol. The lowest BCUT2D eigenvalue weighted by molar-refractivity contribution is -0.0651. The Morgan fingerprint density at radius 2 is 1.80 bits per heavy atom. The first kappa shape index (κ1) is 23.1. The van der Waals surface area contributed by atoms with Crippen LogP contribution in [0.4, 0.5) is 8.78 Å². The van der Waals surface area contributed by atoms with E-state index in [0.29, 0.717) is 22.6 Å². The third-order valence-electron chi connectivity index (χ3n) is 6.87. The van der Waals surface area contributed by atoms with E-state index in [9.17, 15) is 18.7 Å². The summed E-state index contributed by atoms with van der Waals surface area (Å²) in [5, 5.41) is 17.4. The highest BCUT2D eigenvalue weighted by Crippen LogP contribution is 2.51. The second kappa shape index (κ2) is 8.82. The lowest BCUT2D eigenvalue weighted by Crippen LogP contribution is -2.60. The summed E-state index contributed by atoms with van der Waals surface area (Å²) < 4.78 is 29.0. The van der Waals surface area contributed by atoms with Crippen molar-refractivity contribution in [2.24, 2.45) is 18.4 Å². The Hall–Kier alpha value is -3.70. The van der Waals surface area contributed by atoms with Gasteiger partial charge < -0.3 is 15.3 Å². The van der Waals surface area contributed by atoms with E-state index in [2.05, 4.69) is 34.2 Å². The summed E-state index contributed by atoms with van der Waals surface area (Å²) in [6, 6.07) is 9.62. The highest BCUT2D eigenvalue weighted by Gasteiger charge is 2.50. The molecule has 1 aliphatic carbocycles. The zero-order valence-corrected chi connectivity index (χ0v) is 19.6. The second-order valence-electron chi connectivity index (χ2n) is 9.75. The van der Waals surface area contributed by atoms with Crippen molar-refractivity contribution >= 4 is 5.91 Å². The summed E-state index contributed by atoms with van der Waals surface area (Å²) in [6.45, 7) is 2.27. The fourth-order valence-electron chi connectivity index (χ4n) is 5.27. The number of carbonyl (C=O) groups is 1. The maximum absolute atomic E-state index is 14.0. The quantitative estimate of drug-likeness (QED) is 0.565. The van der Waals surface area contributed by atoms with Crippen molar-refractivity contribution < 1.29 is 18.7 Å². The molecule has 0 bridgehead atoms. The van der Waals surface area contributed by atoms with E-state index in [4.69, 9.17) is 0 Å². The normalized spacial score (nSPS) is 17.7. The Bertz CT molecular complexity index is 1330. The molecule has 2 aliphatic rings. The Morgan fingerprint density at radius 1 is 1.11 bits per heavy atom. The van der Waals surface area contributed by atoms with E-state index >= 15 is 0 Å². The Balaban J connectivity index is 1.35. The minimum absolute atomic E-state index is 0.144. The van der Waals surface area contributed by atoms with E-state index in [1.807, 2.05) is 0 Å². The minimum Gasteiger partial charge on any atom is -0.508 e. The second-order valence-corrected chi connectivity index (χ2v) is 9.75. The molecular weight excluding hydrogens is 450 g/mol. The van der Waals surface area contributed by atoms with Crippen LogP contribution in [-0.4, -0.2) is 45.8 Å². The molecule has 8 heteroatoms. The van der Waals surface area contributed by atoms with Gasteiger partial charge in [-0.25, -0.2) is 8.78 Å². The minimum atomic E-state index is -0.915. The molecule has 1 amide bonds. The number of hydrogen-bond donors (Lipinski definition) is 2. The van der Waals surface area contributed by atoms with Crippen molar-refractivity contribution in [3.63, 3.8) is 0 Å². The van der Waals surface area contributed by atoms with Crippen LogP contribution in [0.2, 0.25) is 0 Å². The summed E-state index contributed by atoms with van der Waals surface area (Å²) >= 11 is 0. The lowest BCUT2D eigenvalue weighted by Gasteiger charge is -2.57. The van der Waals surface area contributed by atoms with E-state index < -0.39 is 23.6 Å². The molecule has 1 unspecified atom stereocenters. The van der Waals surface area contributed by atoms with Gasteiger partial charge in [-0.15, -0.1) is 0 Å². The Kier molecular flexibility index (Phi) is 5.81. The molecule has 5 rings (SSSR count). The van der Waals surface area contributed by atoms with E-state index in [1.165, 1.54) is 30.3 Å². The van der Waals surface area contributed by atoms with Gasteiger partial charge in [0.15, 0.2) is 5.69 Å². The molecule has 3 aromatic rings. The smallest absolute Gasteiger partial charge is 0.272 e. The lowest BCUT2D eigenvalue weighted by atomic mass is 9.58. The average molecular weight is 477 g/mol. The molecular formula is C27H26F2N4O2. The number of rotatable bonds is 4. The van der Waals surface area contributed by atoms with Gasteiger partial charge in [0.1, 0.15) is 23.1 Å². The van der Waals surface area contributed by atoms with Gasteiger partial charge in [-0.2, -0.15) is 5.10 Å². The fourth-order valence-corrected chi connectivity index (χ4v) is 5.27. The number of phenols is 1. The zero-order valence-electron chi connectivity index (χ0n) is 19.6. The van der Waals surface area contributed by atoms with Crippen LogP contribution in [-0.2, 0) is 7.05 Å². The first-order valence-electron chi connectivity index (χ1n) is 11.5. The molecule has 1 aromatic heterocycles. The number of carbonyl (C=O) groups excluding carboxylic acids is 1. The van der Waals surface area contributed by atoms with Crippen LogP contribution in [0, 0.1) is 34.8 Å². The topological polar surface area (TPSA) is 70.4 Å². The van der Waals surface area contributed by atoms with Gasteiger partial charge in [0.25, 0.3) is 5.91 Å².